The van der Waals surface area contributed by atoms with E-state index in [1.807, 2.05) is 31.2 Å². The molecule has 2 aromatic carbocycles. The number of alkyl halides is 3. The fourth-order valence-corrected chi connectivity index (χ4v) is 3.70. The van der Waals surface area contributed by atoms with Crippen LogP contribution < -0.4 is 9.47 Å². The number of halogens is 3. The van der Waals surface area contributed by atoms with Crippen molar-refractivity contribution in [2.75, 3.05) is 13.1 Å². The molecule has 1 aliphatic heterocycles. The molecule has 1 N–H and O–H groups in total. The predicted molar refractivity (Wildman–Crippen MR) is 109 cm³/mol. The number of carbonyl (C=O) groups is 1. The summed E-state index contributed by atoms with van der Waals surface area (Å²) in [5, 5.41) is 9.18. The highest BCUT2D eigenvalue weighted by Gasteiger charge is 2.31. The zero-order valence-corrected chi connectivity index (χ0v) is 17.3. The van der Waals surface area contributed by atoms with Gasteiger partial charge in [-0.3, -0.25) is 4.79 Å². The highest BCUT2D eigenvalue weighted by atomic mass is 19.4. The first kappa shape index (κ1) is 22.9. The number of aliphatic hydroxyl groups is 1. The van der Waals surface area contributed by atoms with Gasteiger partial charge in [0.2, 0.25) is 5.91 Å². The van der Waals surface area contributed by atoms with Crippen molar-refractivity contribution in [3.05, 3.63) is 59.7 Å². The van der Waals surface area contributed by atoms with Gasteiger partial charge in [-0.25, -0.2) is 0 Å². The highest BCUT2D eigenvalue weighted by molar-refractivity contribution is 5.77. The van der Waals surface area contributed by atoms with Crippen molar-refractivity contribution in [1.29, 1.82) is 0 Å². The molecule has 5 nitrogen and oxygen atoms in total. The number of amides is 1. The molecule has 1 amide bonds. The van der Waals surface area contributed by atoms with Crippen LogP contribution in [0.3, 0.4) is 0 Å². The maximum Gasteiger partial charge on any atom is 0.573 e. The van der Waals surface area contributed by atoms with Gasteiger partial charge in [0.1, 0.15) is 17.6 Å². The molecule has 0 aliphatic carbocycles. The van der Waals surface area contributed by atoms with Gasteiger partial charge in [-0.05, 0) is 47.7 Å². The van der Waals surface area contributed by atoms with Crippen molar-refractivity contribution in [2.45, 2.75) is 51.2 Å². The van der Waals surface area contributed by atoms with E-state index in [0.29, 0.717) is 31.7 Å². The molecule has 2 atom stereocenters. The average molecular weight is 437 g/mol. The molecule has 31 heavy (non-hydrogen) atoms. The molecule has 1 saturated heterocycles. The third kappa shape index (κ3) is 6.62. The van der Waals surface area contributed by atoms with E-state index >= 15 is 0 Å². The number of hydrogen-bond acceptors (Lipinski definition) is 4. The van der Waals surface area contributed by atoms with Gasteiger partial charge in [-0.2, -0.15) is 0 Å². The quantitative estimate of drug-likeness (QED) is 0.654. The highest BCUT2D eigenvalue weighted by Crippen LogP contribution is 2.28. The van der Waals surface area contributed by atoms with E-state index in [0.717, 1.165) is 17.5 Å². The summed E-state index contributed by atoms with van der Waals surface area (Å²) in [5.41, 5.74) is 1.91. The minimum atomic E-state index is -4.73. The van der Waals surface area contributed by atoms with Gasteiger partial charge in [-0.1, -0.05) is 31.2 Å². The molecule has 8 heteroatoms. The second-order valence-electron chi connectivity index (χ2n) is 7.60. The predicted octanol–water partition coefficient (Wildman–Crippen LogP) is 4.64. The van der Waals surface area contributed by atoms with Crippen LogP contribution in [0.15, 0.2) is 48.5 Å². The van der Waals surface area contributed by atoms with Crippen molar-refractivity contribution in [2.24, 2.45) is 0 Å². The van der Waals surface area contributed by atoms with E-state index in [1.165, 1.54) is 24.3 Å². The Bertz CT molecular complexity index is 853. The van der Waals surface area contributed by atoms with Crippen LogP contribution in [-0.2, 0) is 11.4 Å². The minimum Gasteiger partial charge on any atom is -0.489 e. The summed E-state index contributed by atoms with van der Waals surface area (Å²) in [6.45, 7) is 3.06. The third-order valence-electron chi connectivity index (χ3n) is 5.41. The van der Waals surface area contributed by atoms with Gasteiger partial charge in [0.15, 0.2) is 0 Å². The van der Waals surface area contributed by atoms with Gasteiger partial charge in [-0.15, -0.1) is 13.2 Å². The summed E-state index contributed by atoms with van der Waals surface area (Å²) in [6, 6.07) is 12.9. The van der Waals surface area contributed by atoms with Gasteiger partial charge in [0.25, 0.3) is 0 Å². The molecule has 0 aromatic heterocycles. The van der Waals surface area contributed by atoms with E-state index in [-0.39, 0.29) is 30.3 Å². The lowest BCUT2D eigenvalue weighted by atomic mass is 9.92. The molecule has 1 heterocycles. The fraction of sp³-hybridized carbons (Fsp3) is 0.435. The Kier molecular flexibility index (Phi) is 7.43. The second kappa shape index (κ2) is 10.0. The van der Waals surface area contributed by atoms with Crippen LogP contribution >= 0.6 is 0 Å². The number of aliphatic hydroxyl groups excluding tert-OH is 1. The first-order valence-electron chi connectivity index (χ1n) is 10.3. The second-order valence-corrected chi connectivity index (χ2v) is 7.60. The van der Waals surface area contributed by atoms with Gasteiger partial charge in [0, 0.05) is 19.4 Å². The number of benzene rings is 2. The number of nitrogens with zero attached hydrogens (tertiary/aromatic N) is 1. The van der Waals surface area contributed by atoms with Crippen LogP contribution in [-0.4, -0.2) is 41.5 Å². The molecule has 1 fully saturated rings. The number of carbonyl (C=O) groups excluding carboxylic acids is 1. The van der Waals surface area contributed by atoms with Crippen LogP contribution in [0.2, 0.25) is 0 Å². The van der Waals surface area contributed by atoms with E-state index in [4.69, 9.17) is 4.74 Å². The third-order valence-corrected chi connectivity index (χ3v) is 5.41. The van der Waals surface area contributed by atoms with Crippen molar-refractivity contribution in [1.82, 2.24) is 4.90 Å². The molecule has 0 spiro atoms. The summed E-state index contributed by atoms with van der Waals surface area (Å²) in [4.78, 5) is 14.6. The number of likely N-dealkylation sites (tertiary alicyclic amines) is 1. The smallest absolute Gasteiger partial charge is 0.489 e. The number of hydrogen-bond donors (Lipinski definition) is 1. The number of rotatable bonds is 8. The molecular weight excluding hydrogens is 411 g/mol. The lowest BCUT2D eigenvalue weighted by Crippen LogP contribution is -2.31. The molecule has 0 saturated carbocycles. The summed E-state index contributed by atoms with van der Waals surface area (Å²) in [7, 11) is 0. The summed E-state index contributed by atoms with van der Waals surface area (Å²) < 4.78 is 46.4. The van der Waals surface area contributed by atoms with Crippen LogP contribution in [0.4, 0.5) is 13.2 Å². The van der Waals surface area contributed by atoms with Crippen molar-refractivity contribution in [3.63, 3.8) is 0 Å². The monoisotopic (exact) mass is 437 g/mol. The van der Waals surface area contributed by atoms with Gasteiger partial charge in [0.05, 0.1) is 13.2 Å². The Labute approximate surface area is 179 Å². The SMILES string of the molecule is CCC(CC(=O)N1CCC(Oc2ccc(OC(F)(F)F)cc2)C1)c1ccc(CO)cc1. The maximum atomic E-state index is 12.8. The van der Waals surface area contributed by atoms with Crippen LogP contribution in [0, 0.1) is 0 Å². The van der Waals surface area contributed by atoms with Crippen molar-refractivity contribution < 1.29 is 32.5 Å². The van der Waals surface area contributed by atoms with E-state index in [2.05, 4.69) is 4.74 Å². The average Bonchev–Trinajstić information content (AvgIpc) is 3.21. The van der Waals surface area contributed by atoms with E-state index in [1.54, 1.807) is 4.90 Å². The van der Waals surface area contributed by atoms with E-state index in [9.17, 15) is 23.1 Å². The van der Waals surface area contributed by atoms with E-state index < -0.39 is 6.36 Å². The van der Waals surface area contributed by atoms with Crippen LogP contribution in [0.1, 0.15) is 43.2 Å². The standard InChI is InChI=1S/C23H26F3NO4/c1-2-17(18-5-3-16(15-28)4-6-18)13-22(29)27-12-11-21(14-27)30-19-7-9-20(10-8-19)31-23(24,25)26/h3-10,17,21,28H,2,11-15H2,1H3. The fourth-order valence-electron chi connectivity index (χ4n) is 3.70. The molecule has 0 radical (unpaired) electrons. The first-order chi connectivity index (χ1) is 14.8. The van der Waals surface area contributed by atoms with Crippen LogP contribution in [0.25, 0.3) is 0 Å². The molecule has 3 rings (SSSR count). The Hall–Kier alpha value is -2.74. The Morgan fingerprint density at radius 1 is 1.13 bits per heavy atom. The summed E-state index contributed by atoms with van der Waals surface area (Å²) in [5.74, 6) is 0.282. The zero-order valence-electron chi connectivity index (χ0n) is 17.3. The molecular formula is C23H26F3NO4. The van der Waals surface area contributed by atoms with Gasteiger partial charge < -0.3 is 19.5 Å². The molecule has 168 valence electrons. The molecule has 0 bridgehead atoms. The van der Waals surface area contributed by atoms with Crippen molar-refractivity contribution >= 4 is 5.91 Å². The topological polar surface area (TPSA) is 59.0 Å². The number of ether oxygens (including phenoxy) is 2. The molecule has 1 aliphatic rings. The maximum absolute atomic E-state index is 12.8. The minimum absolute atomic E-state index is 0.0107. The molecule has 2 unspecified atom stereocenters. The Balaban J connectivity index is 1.51. The lowest BCUT2D eigenvalue weighted by molar-refractivity contribution is -0.274. The van der Waals surface area contributed by atoms with Gasteiger partial charge >= 0.3 is 6.36 Å². The zero-order chi connectivity index (χ0) is 22.4. The van der Waals surface area contributed by atoms with Crippen molar-refractivity contribution in [3.8, 4) is 11.5 Å². The Morgan fingerprint density at radius 2 is 1.77 bits per heavy atom. The largest absolute Gasteiger partial charge is 0.573 e. The molecule has 2 aromatic rings. The first-order valence-corrected chi connectivity index (χ1v) is 10.3. The summed E-state index contributed by atoms with van der Waals surface area (Å²) >= 11 is 0. The Morgan fingerprint density at radius 3 is 2.35 bits per heavy atom. The lowest BCUT2D eigenvalue weighted by Gasteiger charge is -2.21. The normalized spacial score (nSPS) is 17.5. The summed E-state index contributed by atoms with van der Waals surface area (Å²) in [6.07, 6.45) is -3.06. The van der Waals surface area contributed by atoms with Crippen LogP contribution in [0.5, 0.6) is 11.5 Å².